The van der Waals surface area contributed by atoms with Crippen LogP contribution in [0.3, 0.4) is 0 Å². The SMILES string of the molecule is Cc1cccc(N(C)CCNC(C)(C)C)n1. The average molecular weight is 221 g/mol. The van der Waals surface area contributed by atoms with Crippen molar-refractivity contribution in [3.8, 4) is 0 Å². The minimum atomic E-state index is 0.181. The van der Waals surface area contributed by atoms with Crippen LogP contribution in [0.5, 0.6) is 0 Å². The van der Waals surface area contributed by atoms with E-state index in [2.05, 4.69) is 43.0 Å². The number of hydrogen-bond donors (Lipinski definition) is 1. The summed E-state index contributed by atoms with van der Waals surface area (Å²) in [5, 5.41) is 3.47. The molecule has 1 aromatic heterocycles. The summed E-state index contributed by atoms with van der Waals surface area (Å²) < 4.78 is 0. The van der Waals surface area contributed by atoms with E-state index in [0.29, 0.717) is 0 Å². The quantitative estimate of drug-likeness (QED) is 0.845. The smallest absolute Gasteiger partial charge is 0.128 e. The molecule has 1 N–H and O–H groups in total. The van der Waals surface area contributed by atoms with E-state index in [4.69, 9.17) is 0 Å². The number of pyridine rings is 1. The molecule has 16 heavy (non-hydrogen) atoms. The van der Waals surface area contributed by atoms with Gasteiger partial charge in [-0.3, -0.25) is 0 Å². The fourth-order valence-corrected chi connectivity index (χ4v) is 1.45. The Bertz CT molecular complexity index is 328. The van der Waals surface area contributed by atoms with Crippen molar-refractivity contribution in [2.24, 2.45) is 0 Å². The molecule has 1 heterocycles. The van der Waals surface area contributed by atoms with Crippen LogP contribution in [-0.4, -0.2) is 30.7 Å². The first-order valence-electron chi connectivity index (χ1n) is 5.78. The summed E-state index contributed by atoms with van der Waals surface area (Å²) in [5.74, 6) is 1.04. The maximum Gasteiger partial charge on any atom is 0.128 e. The summed E-state index contributed by atoms with van der Waals surface area (Å²) in [6, 6.07) is 6.11. The molecule has 90 valence electrons. The minimum absolute atomic E-state index is 0.181. The lowest BCUT2D eigenvalue weighted by Crippen LogP contribution is -2.40. The molecule has 1 rings (SSSR count). The summed E-state index contributed by atoms with van der Waals surface area (Å²) in [6.45, 7) is 10.5. The van der Waals surface area contributed by atoms with Crippen LogP contribution in [0, 0.1) is 6.92 Å². The number of hydrogen-bond acceptors (Lipinski definition) is 3. The van der Waals surface area contributed by atoms with E-state index in [9.17, 15) is 0 Å². The summed E-state index contributed by atoms with van der Waals surface area (Å²) in [5.41, 5.74) is 1.24. The molecule has 0 bridgehead atoms. The highest BCUT2D eigenvalue weighted by Crippen LogP contribution is 2.08. The largest absolute Gasteiger partial charge is 0.358 e. The van der Waals surface area contributed by atoms with Crippen molar-refractivity contribution in [2.45, 2.75) is 33.2 Å². The van der Waals surface area contributed by atoms with Crippen molar-refractivity contribution in [1.82, 2.24) is 10.3 Å². The highest BCUT2D eigenvalue weighted by atomic mass is 15.2. The van der Waals surface area contributed by atoms with E-state index in [1.165, 1.54) is 0 Å². The first-order valence-corrected chi connectivity index (χ1v) is 5.78. The number of nitrogens with zero attached hydrogens (tertiary/aromatic N) is 2. The van der Waals surface area contributed by atoms with Gasteiger partial charge in [-0.1, -0.05) is 6.07 Å². The molecule has 0 saturated heterocycles. The van der Waals surface area contributed by atoms with E-state index in [-0.39, 0.29) is 5.54 Å². The Hall–Kier alpha value is -1.09. The Balaban J connectivity index is 2.44. The number of nitrogens with one attached hydrogen (secondary N) is 1. The lowest BCUT2D eigenvalue weighted by molar-refractivity contribution is 0.430. The lowest BCUT2D eigenvalue weighted by Gasteiger charge is -2.24. The number of rotatable bonds is 4. The fourth-order valence-electron chi connectivity index (χ4n) is 1.45. The molecule has 0 amide bonds. The average Bonchev–Trinajstić information content (AvgIpc) is 2.15. The Morgan fingerprint density at radius 1 is 1.31 bits per heavy atom. The Morgan fingerprint density at radius 3 is 2.56 bits per heavy atom. The Morgan fingerprint density at radius 2 is 2.00 bits per heavy atom. The standard InChI is InChI=1S/C13H23N3/c1-11-7-6-8-12(15-11)16(5)10-9-14-13(2,3)4/h6-8,14H,9-10H2,1-5H3. The minimum Gasteiger partial charge on any atom is -0.358 e. The molecular weight excluding hydrogens is 198 g/mol. The van der Waals surface area contributed by atoms with E-state index < -0.39 is 0 Å². The molecule has 0 unspecified atom stereocenters. The molecule has 0 atom stereocenters. The van der Waals surface area contributed by atoms with Crippen LogP contribution < -0.4 is 10.2 Å². The van der Waals surface area contributed by atoms with E-state index in [1.807, 2.05) is 25.1 Å². The zero-order valence-corrected chi connectivity index (χ0v) is 11.0. The molecule has 0 spiro atoms. The molecule has 0 radical (unpaired) electrons. The van der Waals surface area contributed by atoms with Gasteiger partial charge in [0.25, 0.3) is 0 Å². The summed E-state index contributed by atoms with van der Waals surface area (Å²) in [4.78, 5) is 6.66. The molecule has 0 aromatic carbocycles. The molecule has 0 aliphatic carbocycles. The van der Waals surface area contributed by atoms with Crippen molar-refractivity contribution in [3.05, 3.63) is 23.9 Å². The van der Waals surface area contributed by atoms with Crippen LogP contribution in [0.15, 0.2) is 18.2 Å². The van der Waals surface area contributed by atoms with Gasteiger partial charge in [0.05, 0.1) is 0 Å². The Labute approximate surface area is 98.9 Å². The summed E-state index contributed by atoms with van der Waals surface area (Å²) in [7, 11) is 2.08. The third kappa shape index (κ3) is 4.62. The second-order valence-electron chi connectivity index (χ2n) is 5.24. The summed E-state index contributed by atoms with van der Waals surface area (Å²) >= 11 is 0. The third-order valence-corrected chi connectivity index (χ3v) is 2.37. The summed E-state index contributed by atoms with van der Waals surface area (Å²) in [6.07, 6.45) is 0. The van der Waals surface area contributed by atoms with E-state index >= 15 is 0 Å². The van der Waals surface area contributed by atoms with Crippen LogP contribution in [0.4, 0.5) is 5.82 Å². The van der Waals surface area contributed by atoms with Crippen molar-refractivity contribution < 1.29 is 0 Å². The van der Waals surface area contributed by atoms with Gasteiger partial charge in [0.15, 0.2) is 0 Å². The van der Waals surface area contributed by atoms with Gasteiger partial charge in [0.1, 0.15) is 5.82 Å². The molecule has 0 aliphatic heterocycles. The number of aromatic nitrogens is 1. The van der Waals surface area contributed by atoms with Crippen molar-refractivity contribution in [2.75, 3.05) is 25.0 Å². The van der Waals surface area contributed by atoms with Crippen molar-refractivity contribution >= 4 is 5.82 Å². The van der Waals surface area contributed by atoms with Gasteiger partial charge < -0.3 is 10.2 Å². The third-order valence-electron chi connectivity index (χ3n) is 2.37. The molecule has 3 heteroatoms. The van der Waals surface area contributed by atoms with Gasteiger partial charge in [0.2, 0.25) is 0 Å². The predicted octanol–water partition coefficient (Wildman–Crippen LogP) is 2.21. The van der Waals surface area contributed by atoms with Gasteiger partial charge in [-0.25, -0.2) is 4.98 Å². The van der Waals surface area contributed by atoms with E-state index in [1.54, 1.807) is 0 Å². The number of likely N-dealkylation sites (N-methyl/N-ethyl adjacent to an activating group) is 1. The van der Waals surface area contributed by atoms with Crippen LogP contribution in [0.25, 0.3) is 0 Å². The maximum atomic E-state index is 4.49. The van der Waals surface area contributed by atoms with Crippen LogP contribution in [-0.2, 0) is 0 Å². The Kier molecular flexibility index (Phi) is 4.30. The van der Waals surface area contributed by atoms with Crippen molar-refractivity contribution in [3.63, 3.8) is 0 Å². The fraction of sp³-hybridized carbons (Fsp3) is 0.615. The number of aryl methyl sites for hydroxylation is 1. The van der Waals surface area contributed by atoms with Crippen LogP contribution in [0.1, 0.15) is 26.5 Å². The van der Waals surface area contributed by atoms with Gasteiger partial charge in [-0.15, -0.1) is 0 Å². The van der Waals surface area contributed by atoms with Gasteiger partial charge in [-0.2, -0.15) is 0 Å². The predicted molar refractivity (Wildman–Crippen MR) is 70.0 cm³/mol. The zero-order chi connectivity index (χ0) is 12.2. The molecule has 0 fully saturated rings. The molecule has 0 saturated carbocycles. The van der Waals surface area contributed by atoms with Crippen LogP contribution >= 0.6 is 0 Å². The molecule has 1 aromatic rings. The van der Waals surface area contributed by atoms with Crippen LogP contribution in [0.2, 0.25) is 0 Å². The number of anilines is 1. The van der Waals surface area contributed by atoms with Gasteiger partial charge in [0, 0.05) is 31.4 Å². The topological polar surface area (TPSA) is 28.2 Å². The first-order chi connectivity index (χ1) is 7.38. The molecular formula is C13H23N3. The first kappa shape index (κ1) is 13.0. The maximum absolute atomic E-state index is 4.49. The molecule has 0 aliphatic rings. The van der Waals surface area contributed by atoms with Gasteiger partial charge >= 0.3 is 0 Å². The normalized spacial score (nSPS) is 11.6. The second-order valence-corrected chi connectivity index (χ2v) is 5.24. The molecule has 3 nitrogen and oxygen atoms in total. The highest BCUT2D eigenvalue weighted by Gasteiger charge is 2.09. The second kappa shape index (κ2) is 5.30. The highest BCUT2D eigenvalue weighted by molar-refractivity contribution is 5.37. The van der Waals surface area contributed by atoms with Gasteiger partial charge in [-0.05, 0) is 39.8 Å². The van der Waals surface area contributed by atoms with E-state index in [0.717, 1.165) is 24.6 Å². The monoisotopic (exact) mass is 221 g/mol. The zero-order valence-electron chi connectivity index (χ0n) is 11.0. The lowest BCUT2D eigenvalue weighted by atomic mass is 10.1. The van der Waals surface area contributed by atoms with Crippen molar-refractivity contribution in [1.29, 1.82) is 0 Å².